The summed E-state index contributed by atoms with van der Waals surface area (Å²) in [5.41, 5.74) is 2.69. The maximum atomic E-state index is 5.65. The number of hydrogen-bond donors (Lipinski definition) is 2. The van der Waals surface area contributed by atoms with E-state index in [2.05, 4.69) is 44.8 Å². The van der Waals surface area contributed by atoms with Crippen LogP contribution in [-0.2, 0) is 17.8 Å². The van der Waals surface area contributed by atoms with Crippen LogP contribution in [0.5, 0.6) is 0 Å². The van der Waals surface area contributed by atoms with E-state index in [1.807, 2.05) is 7.05 Å². The summed E-state index contributed by atoms with van der Waals surface area (Å²) in [6.07, 6.45) is 6.56. The first-order valence-electron chi connectivity index (χ1n) is 9.70. The molecule has 5 heteroatoms. The van der Waals surface area contributed by atoms with Crippen LogP contribution in [0.15, 0.2) is 29.3 Å². The van der Waals surface area contributed by atoms with Crippen LogP contribution < -0.4 is 10.6 Å². The highest BCUT2D eigenvalue weighted by molar-refractivity contribution is 5.79. The van der Waals surface area contributed by atoms with Crippen LogP contribution in [0.3, 0.4) is 0 Å². The van der Waals surface area contributed by atoms with Gasteiger partial charge in [0, 0.05) is 33.3 Å². The largest absolute Gasteiger partial charge is 0.378 e. The summed E-state index contributed by atoms with van der Waals surface area (Å²) >= 11 is 0. The molecule has 3 rings (SSSR count). The lowest BCUT2D eigenvalue weighted by Crippen LogP contribution is -2.38. The van der Waals surface area contributed by atoms with Gasteiger partial charge in [-0.25, -0.2) is 0 Å². The number of likely N-dealkylation sites (tertiary alicyclic amines) is 1. The van der Waals surface area contributed by atoms with Gasteiger partial charge in [-0.15, -0.1) is 0 Å². The molecular formula is C20H32N4O. The fourth-order valence-corrected chi connectivity index (χ4v) is 3.59. The molecule has 0 spiro atoms. The Kier molecular flexibility index (Phi) is 7.12. The van der Waals surface area contributed by atoms with E-state index >= 15 is 0 Å². The molecule has 0 saturated carbocycles. The maximum absolute atomic E-state index is 5.65. The smallest absolute Gasteiger partial charge is 0.191 e. The van der Waals surface area contributed by atoms with Gasteiger partial charge in [-0.2, -0.15) is 0 Å². The minimum absolute atomic E-state index is 0.425. The molecule has 0 bridgehead atoms. The maximum Gasteiger partial charge on any atom is 0.191 e. The van der Waals surface area contributed by atoms with Crippen LogP contribution in [-0.4, -0.2) is 50.3 Å². The van der Waals surface area contributed by atoms with Crippen LogP contribution in [0.1, 0.15) is 43.2 Å². The van der Waals surface area contributed by atoms with Crippen LogP contribution in [0.4, 0.5) is 0 Å². The summed E-state index contributed by atoms with van der Waals surface area (Å²) in [7, 11) is 1.82. The van der Waals surface area contributed by atoms with Crippen molar-refractivity contribution in [2.24, 2.45) is 4.99 Å². The molecule has 1 aromatic rings. The topological polar surface area (TPSA) is 48.9 Å². The van der Waals surface area contributed by atoms with Crippen molar-refractivity contribution in [1.82, 2.24) is 15.5 Å². The van der Waals surface area contributed by atoms with Gasteiger partial charge in [-0.05, 0) is 56.3 Å². The molecule has 25 heavy (non-hydrogen) atoms. The Balaban J connectivity index is 1.37. The van der Waals surface area contributed by atoms with Crippen LogP contribution in [0.2, 0.25) is 0 Å². The monoisotopic (exact) mass is 344 g/mol. The first kappa shape index (κ1) is 18.2. The molecule has 2 fully saturated rings. The Hall–Kier alpha value is -1.59. The normalized spacial score (nSPS) is 21.6. The van der Waals surface area contributed by atoms with E-state index in [4.69, 9.17) is 4.74 Å². The number of aliphatic imine (C=N–C) groups is 1. The predicted octanol–water partition coefficient (Wildman–Crippen LogP) is 2.52. The molecule has 138 valence electrons. The standard InChI is InChI=1S/C20H32N4O/c1-21-20(22-11-10-19-5-4-14-25-19)23-15-17-6-8-18(9-7-17)16-24-12-2-3-13-24/h6-9,19H,2-5,10-16H2,1H3,(H2,21,22,23). The highest BCUT2D eigenvalue weighted by Crippen LogP contribution is 2.14. The first-order chi connectivity index (χ1) is 12.3. The molecule has 0 aromatic heterocycles. The first-order valence-corrected chi connectivity index (χ1v) is 9.70. The van der Waals surface area contributed by atoms with E-state index in [9.17, 15) is 0 Å². The average Bonchev–Trinajstić information content (AvgIpc) is 3.33. The predicted molar refractivity (Wildman–Crippen MR) is 103 cm³/mol. The van der Waals surface area contributed by atoms with E-state index in [0.717, 1.165) is 38.6 Å². The van der Waals surface area contributed by atoms with Crippen LogP contribution in [0, 0.1) is 0 Å². The van der Waals surface area contributed by atoms with Crippen molar-refractivity contribution >= 4 is 5.96 Å². The number of benzene rings is 1. The van der Waals surface area contributed by atoms with E-state index < -0.39 is 0 Å². The molecule has 2 aliphatic heterocycles. The Morgan fingerprint density at radius 2 is 1.88 bits per heavy atom. The number of hydrogen-bond acceptors (Lipinski definition) is 3. The van der Waals surface area contributed by atoms with Crippen molar-refractivity contribution < 1.29 is 4.74 Å². The number of guanidine groups is 1. The zero-order valence-electron chi connectivity index (χ0n) is 15.5. The van der Waals surface area contributed by atoms with Gasteiger partial charge in [-0.3, -0.25) is 9.89 Å². The fourth-order valence-electron chi connectivity index (χ4n) is 3.59. The van der Waals surface area contributed by atoms with Crippen LogP contribution in [0.25, 0.3) is 0 Å². The van der Waals surface area contributed by atoms with E-state index in [-0.39, 0.29) is 0 Å². The molecule has 1 unspecified atom stereocenters. The SMILES string of the molecule is CN=C(NCCC1CCCO1)NCc1ccc(CN2CCCC2)cc1. The minimum Gasteiger partial charge on any atom is -0.378 e. The third-order valence-corrected chi connectivity index (χ3v) is 5.09. The van der Waals surface area contributed by atoms with Gasteiger partial charge >= 0.3 is 0 Å². The Bertz CT molecular complexity index is 531. The molecule has 2 saturated heterocycles. The fraction of sp³-hybridized carbons (Fsp3) is 0.650. The molecule has 0 aliphatic carbocycles. The number of rotatable bonds is 7. The summed E-state index contributed by atoms with van der Waals surface area (Å²) < 4.78 is 5.65. The summed E-state index contributed by atoms with van der Waals surface area (Å²) in [4.78, 5) is 6.84. The Labute approximate surface area is 151 Å². The van der Waals surface area contributed by atoms with E-state index in [0.29, 0.717) is 6.10 Å². The summed E-state index contributed by atoms with van der Waals surface area (Å²) in [5.74, 6) is 0.860. The summed E-state index contributed by atoms with van der Waals surface area (Å²) in [5, 5.41) is 6.77. The molecule has 1 atom stereocenters. The summed E-state index contributed by atoms with van der Waals surface area (Å²) in [6.45, 7) is 6.20. The van der Waals surface area contributed by atoms with Crippen molar-refractivity contribution in [3.05, 3.63) is 35.4 Å². The van der Waals surface area contributed by atoms with Crippen molar-refractivity contribution in [2.75, 3.05) is 33.3 Å². The molecular weight excluding hydrogens is 312 g/mol. The van der Waals surface area contributed by atoms with Gasteiger partial charge in [0.15, 0.2) is 5.96 Å². The quantitative estimate of drug-likeness (QED) is 0.589. The Morgan fingerprint density at radius 3 is 2.56 bits per heavy atom. The lowest BCUT2D eigenvalue weighted by Gasteiger charge is -2.16. The van der Waals surface area contributed by atoms with Crippen molar-refractivity contribution in [3.63, 3.8) is 0 Å². The second-order valence-electron chi connectivity index (χ2n) is 7.08. The number of nitrogens with one attached hydrogen (secondary N) is 2. The van der Waals surface area contributed by atoms with Crippen molar-refractivity contribution in [1.29, 1.82) is 0 Å². The molecule has 0 radical (unpaired) electrons. The molecule has 0 amide bonds. The molecule has 2 N–H and O–H groups in total. The molecule has 2 heterocycles. The van der Waals surface area contributed by atoms with Crippen LogP contribution >= 0.6 is 0 Å². The zero-order valence-corrected chi connectivity index (χ0v) is 15.5. The van der Waals surface area contributed by atoms with Gasteiger partial charge in [0.1, 0.15) is 0 Å². The molecule has 2 aliphatic rings. The van der Waals surface area contributed by atoms with Gasteiger partial charge in [0.05, 0.1) is 6.10 Å². The second-order valence-corrected chi connectivity index (χ2v) is 7.08. The zero-order chi connectivity index (χ0) is 17.3. The second kappa shape index (κ2) is 9.78. The highest BCUT2D eigenvalue weighted by Gasteiger charge is 2.15. The Morgan fingerprint density at radius 1 is 1.12 bits per heavy atom. The average molecular weight is 345 g/mol. The minimum atomic E-state index is 0.425. The highest BCUT2D eigenvalue weighted by atomic mass is 16.5. The van der Waals surface area contributed by atoms with Gasteiger partial charge in [-0.1, -0.05) is 24.3 Å². The third-order valence-electron chi connectivity index (χ3n) is 5.09. The molecule has 1 aromatic carbocycles. The van der Waals surface area contributed by atoms with Crippen molar-refractivity contribution in [2.45, 2.75) is 51.3 Å². The summed E-state index contributed by atoms with van der Waals surface area (Å²) in [6, 6.07) is 8.95. The van der Waals surface area contributed by atoms with Gasteiger partial charge in [0.2, 0.25) is 0 Å². The van der Waals surface area contributed by atoms with E-state index in [1.165, 1.54) is 49.9 Å². The van der Waals surface area contributed by atoms with Gasteiger partial charge < -0.3 is 15.4 Å². The lowest BCUT2D eigenvalue weighted by molar-refractivity contribution is 0.105. The van der Waals surface area contributed by atoms with Crippen molar-refractivity contribution in [3.8, 4) is 0 Å². The number of nitrogens with zero attached hydrogens (tertiary/aromatic N) is 2. The number of ether oxygens (including phenoxy) is 1. The molecule has 5 nitrogen and oxygen atoms in total. The lowest BCUT2D eigenvalue weighted by atomic mass is 10.1. The third kappa shape index (κ3) is 6.01. The van der Waals surface area contributed by atoms with E-state index in [1.54, 1.807) is 0 Å². The van der Waals surface area contributed by atoms with Gasteiger partial charge in [0.25, 0.3) is 0 Å².